The van der Waals surface area contributed by atoms with E-state index >= 15 is 0 Å². The van der Waals surface area contributed by atoms with Gasteiger partial charge in [-0.1, -0.05) is 18.2 Å². The predicted molar refractivity (Wildman–Crippen MR) is 89.8 cm³/mol. The summed E-state index contributed by atoms with van der Waals surface area (Å²) in [6, 6.07) is 4.46. The van der Waals surface area contributed by atoms with Crippen LogP contribution < -0.4 is 10.6 Å². The molecule has 1 aliphatic heterocycles. The first-order chi connectivity index (χ1) is 11.9. The zero-order valence-electron chi connectivity index (χ0n) is 13.8. The molecule has 0 saturated carbocycles. The molecule has 0 aromatic heterocycles. The Morgan fingerprint density at radius 2 is 2.12 bits per heavy atom. The first-order valence-corrected chi connectivity index (χ1v) is 8.51. The van der Waals surface area contributed by atoms with E-state index in [1.165, 1.54) is 25.0 Å². The SMILES string of the molecule is O=C(NC1=CCC([C@@H]2CCCNC2)C=C1)c1cccc(C(F)(F)F)c1. The highest BCUT2D eigenvalue weighted by molar-refractivity contribution is 5.95. The molecule has 1 heterocycles. The van der Waals surface area contributed by atoms with E-state index in [1.54, 1.807) is 0 Å². The lowest BCUT2D eigenvalue weighted by Crippen LogP contribution is -2.34. The summed E-state index contributed by atoms with van der Waals surface area (Å²) < 4.78 is 38.3. The van der Waals surface area contributed by atoms with Gasteiger partial charge in [0.15, 0.2) is 0 Å². The van der Waals surface area contributed by atoms with Crippen molar-refractivity contribution < 1.29 is 18.0 Å². The first kappa shape index (κ1) is 17.7. The van der Waals surface area contributed by atoms with Crippen molar-refractivity contribution in [2.75, 3.05) is 13.1 Å². The number of rotatable bonds is 3. The predicted octanol–water partition coefficient (Wildman–Crippen LogP) is 3.89. The molecule has 1 aromatic carbocycles. The van der Waals surface area contributed by atoms with Crippen molar-refractivity contribution in [1.29, 1.82) is 0 Å². The molecule has 3 rings (SSSR count). The molecular formula is C19H21F3N2O. The van der Waals surface area contributed by atoms with E-state index in [0.717, 1.165) is 31.6 Å². The number of amides is 1. The average Bonchev–Trinajstić information content (AvgIpc) is 2.62. The van der Waals surface area contributed by atoms with Gasteiger partial charge in [0.1, 0.15) is 0 Å². The van der Waals surface area contributed by atoms with E-state index in [2.05, 4.69) is 16.7 Å². The highest BCUT2D eigenvalue weighted by atomic mass is 19.4. The van der Waals surface area contributed by atoms with Gasteiger partial charge in [-0.15, -0.1) is 0 Å². The summed E-state index contributed by atoms with van der Waals surface area (Å²) in [7, 11) is 0. The Morgan fingerprint density at radius 3 is 2.76 bits per heavy atom. The molecule has 1 saturated heterocycles. The fourth-order valence-electron chi connectivity index (χ4n) is 3.36. The van der Waals surface area contributed by atoms with E-state index in [-0.39, 0.29) is 5.56 Å². The molecule has 1 aliphatic carbocycles. The van der Waals surface area contributed by atoms with Gasteiger partial charge in [-0.3, -0.25) is 4.79 Å². The van der Waals surface area contributed by atoms with Crippen LogP contribution in [0.1, 0.15) is 35.2 Å². The van der Waals surface area contributed by atoms with Crippen LogP contribution in [0, 0.1) is 11.8 Å². The van der Waals surface area contributed by atoms with Crippen LogP contribution in [-0.2, 0) is 6.18 Å². The third kappa shape index (κ3) is 4.51. The summed E-state index contributed by atoms with van der Waals surface area (Å²) in [5, 5.41) is 6.09. The van der Waals surface area contributed by atoms with Crippen LogP contribution in [-0.4, -0.2) is 19.0 Å². The minimum atomic E-state index is -4.46. The number of hydrogen-bond acceptors (Lipinski definition) is 2. The number of carbonyl (C=O) groups excluding carboxylic acids is 1. The fraction of sp³-hybridized carbons (Fsp3) is 0.421. The number of hydrogen-bond donors (Lipinski definition) is 2. The van der Waals surface area contributed by atoms with Gasteiger partial charge in [0.2, 0.25) is 0 Å². The fourth-order valence-corrected chi connectivity index (χ4v) is 3.36. The van der Waals surface area contributed by atoms with Gasteiger partial charge in [0.25, 0.3) is 5.91 Å². The normalized spacial score (nSPS) is 23.9. The molecule has 0 radical (unpaired) electrons. The molecule has 2 atom stereocenters. The van der Waals surface area contributed by atoms with E-state index < -0.39 is 17.6 Å². The van der Waals surface area contributed by atoms with Crippen LogP contribution in [0.5, 0.6) is 0 Å². The van der Waals surface area contributed by atoms with Gasteiger partial charge in [-0.2, -0.15) is 13.2 Å². The zero-order valence-corrected chi connectivity index (χ0v) is 13.8. The molecule has 1 amide bonds. The Kier molecular flexibility index (Phi) is 5.27. The number of piperidine rings is 1. The largest absolute Gasteiger partial charge is 0.416 e. The quantitative estimate of drug-likeness (QED) is 0.868. The Labute approximate surface area is 145 Å². The van der Waals surface area contributed by atoms with Crippen LogP contribution in [0.2, 0.25) is 0 Å². The lowest BCUT2D eigenvalue weighted by molar-refractivity contribution is -0.137. The lowest BCUT2D eigenvalue weighted by atomic mass is 9.82. The Balaban J connectivity index is 1.61. The summed E-state index contributed by atoms with van der Waals surface area (Å²) >= 11 is 0. The van der Waals surface area contributed by atoms with Crippen molar-refractivity contribution in [2.24, 2.45) is 11.8 Å². The third-order valence-corrected chi connectivity index (χ3v) is 4.78. The highest BCUT2D eigenvalue weighted by Gasteiger charge is 2.31. The summed E-state index contributed by atoms with van der Waals surface area (Å²) in [6.07, 6.45) is 4.65. The monoisotopic (exact) mass is 350 g/mol. The highest BCUT2D eigenvalue weighted by Crippen LogP contribution is 2.30. The summed E-state index contributed by atoms with van der Waals surface area (Å²) in [4.78, 5) is 12.2. The number of carbonyl (C=O) groups is 1. The van der Waals surface area contributed by atoms with E-state index in [1.807, 2.05) is 12.2 Å². The molecule has 0 spiro atoms. The van der Waals surface area contributed by atoms with Gasteiger partial charge >= 0.3 is 6.18 Å². The smallest absolute Gasteiger partial charge is 0.322 e. The Bertz CT molecular complexity index is 688. The second-order valence-electron chi connectivity index (χ2n) is 6.56. The molecule has 6 heteroatoms. The van der Waals surface area contributed by atoms with Crippen LogP contribution in [0.3, 0.4) is 0 Å². The van der Waals surface area contributed by atoms with Gasteiger partial charge in [-0.25, -0.2) is 0 Å². The minimum absolute atomic E-state index is 0.00253. The maximum absolute atomic E-state index is 12.8. The summed E-state index contributed by atoms with van der Waals surface area (Å²) in [5.74, 6) is 0.517. The molecule has 1 fully saturated rings. The molecular weight excluding hydrogens is 329 g/mol. The summed E-state index contributed by atoms with van der Waals surface area (Å²) in [5.41, 5.74) is -0.177. The van der Waals surface area contributed by atoms with Crippen LogP contribution in [0.15, 0.2) is 48.2 Å². The molecule has 1 unspecified atom stereocenters. The van der Waals surface area contributed by atoms with Crippen LogP contribution in [0.25, 0.3) is 0 Å². The molecule has 1 aromatic rings. The van der Waals surface area contributed by atoms with Crippen LogP contribution >= 0.6 is 0 Å². The molecule has 2 N–H and O–H groups in total. The third-order valence-electron chi connectivity index (χ3n) is 4.78. The standard InChI is InChI=1S/C19H21F3N2O/c20-19(21,22)16-5-1-3-14(11-16)18(25)24-17-8-6-13(7-9-17)15-4-2-10-23-12-15/h1,3,5-6,8-9,11,13,15,23H,2,4,7,10,12H2,(H,24,25)/t13?,15-/m1/s1. The number of nitrogens with one attached hydrogen (secondary N) is 2. The second kappa shape index (κ2) is 7.44. The van der Waals surface area contributed by atoms with Gasteiger partial charge in [-0.05, 0) is 68.5 Å². The summed E-state index contributed by atoms with van der Waals surface area (Å²) in [6.45, 7) is 2.08. The maximum Gasteiger partial charge on any atom is 0.416 e. The van der Waals surface area contributed by atoms with Gasteiger partial charge in [0, 0.05) is 11.3 Å². The topological polar surface area (TPSA) is 41.1 Å². The number of halogens is 3. The first-order valence-electron chi connectivity index (χ1n) is 8.51. The number of allylic oxidation sites excluding steroid dienone is 3. The van der Waals surface area contributed by atoms with Gasteiger partial charge < -0.3 is 10.6 Å². The van der Waals surface area contributed by atoms with Crippen molar-refractivity contribution in [3.8, 4) is 0 Å². The molecule has 0 bridgehead atoms. The van der Waals surface area contributed by atoms with Crippen molar-refractivity contribution in [1.82, 2.24) is 10.6 Å². The van der Waals surface area contributed by atoms with E-state index in [9.17, 15) is 18.0 Å². The van der Waals surface area contributed by atoms with E-state index in [4.69, 9.17) is 0 Å². The average molecular weight is 350 g/mol. The van der Waals surface area contributed by atoms with Crippen molar-refractivity contribution in [3.05, 3.63) is 59.3 Å². The Morgan fingerprint density at radius 1 is 1.28 bits per heavy atom. The zero-order chi connectivity index (χ0) is 17.9. The second-order valence-corrected chi connectivity index (χ2v) is 6.56. The van der Waals surface area contributed by atoms with Gasteiger partial charge in [0.05, 0.1) is 5.56 Å². The molecule has 3 nitrogen and oxygen atoms in total. The van der Waals surface area contributed by atoms with Crippen molar-refractivity contribution >= 4 is 5.91 Å². The maximum atomic E-state index is 12.8. The van der Waals surface area contributed by atoms with E-state index in [0.29, 0.717) is 17.5 Å². The van der Waals surface area contributed by atoms with Crippen LogP contribution in [0.4, 0.5) is 13.2 Å². The molecule has 2 aliphatic rings. The number of alkyl halides is 3. The minimum Gasteiger partial charge on any atom is -0.322 e. The molecule has 25 heavy (non-hydrogen) atoms. The van der Waals surface area contributed by atoms with Crippen molar-refractivity contribution in [3.63, 3.8) is 0 Å². The molecule has 134 valence electrons. The van der Waals surface area contributed by atoms with Crippen molar-refractivity contribution in [2.45, 2.75) is 25.4 Å². The Hall–Kier alpha value is -2.08. The number of benzene rings is 1. The lowest BCUT2D eigenvalue weighted by Gasteiger charge is -2.30.